The molecule has 0 bridgehead atoms. The van der Waals surface area contributed by atoms with Crippen LogP contribution in [0.25, 0.3) is 0 Å². The number of carbonyl (C=O) groups excluding carboxylic acids is 1. The Morgan fingerprint density at radius 3 is 2.89 bits per heavy atom. The SMILES string of the molecule is CC(=O)Nc1cccc(NC2CCCSC2C)c1. The van der Waals surface area contributed by atoms with Crippen LogP contribution in [-0.4, -0.2) is 23.0 Å². The summed E-state index contributed by atoms with van der Waals surface area (Å²) in [6, 6.07) is 8.45. The molecule has 3 nitrogen and oxygen atoms in total. The number of amides is 1. The van der Waals surface area contributed by atoms with Gasteiger partial charge in [-0.15, -0.1) is 0 Å². The van der Waals surface area contributed by atoms with E-state index in [0.717, 1.165) is 11.4 Å². The zero-order valence-electron chi connectivity index (χ0n) is 10.9. The smallest absolute Gasteiger partial charge is 0.221 e. The maximum Gasteiger partial charge on any atom is 0.221 e. The molecular weight excluding hydrogens is 244 g/mol. The van der Waals surface area contributed by atoms with Gasteiger partial charge in [-0.25, -0.2) is 0 Å². The van der Waals surface area contributed by atoms with E-state index in [9.17, 15) is 4.79 Å². The second-order valence-electron chi connectivity index (χ2n) is 4.73. The van der Waals surface area contributed by atoms with Crippen molar-refractivity contribution in [3.63, 3.8) is 0 Å². The first-order valence-corrected chi connectivity index (χ1v) is 7.46. The molecule has 0 aliphatic carbocycles. The molecule has 1 aromatic carbocycles. The molecule has 1 aliphatic rings. The van der Waals surface area contributed by atoms with Gasteiger partial charge in [0, 0.05) is 29.6 Å². The highest BCUT2D eigenvalue weighted by Crippen LogP contribution is 2.28. The van der Waals surface area contributed by atoms with Gasteiger partial charge in [-0.05, 0) is 36.8 Å². The molecule has 1 heterocycles. The van der Waals surface area contributed by atoms with Crippen molar-refractivity contribution in [3.8, 4) is 0 Å². The summed E-state index contributed by atoms with van der Waals surface area (Å²) in [6.07, 6.45) is 2.50. The standard InChI is InChI=1S/C14H20N2OS/c1-10-14(7-4-8-18-10)16-13-6-3-5-12(9-13)15-11(2)17/h3,5-6,9-10,14,16H,4,7-8H2,1-2H3,(H,15,17). The minimum absolute atomic E-state index is 0.0336. The summed E-state index contributed by atoms with van der Waals surface area (Å²) in [5.74, 6) is 1.24. The second-order valence-corrected chi connectivity index (χ2v) is 6.22. The minimum atomic E-state index is -0.0336. The molecule has 2 atom stereocenters. The summed E-state index contributed by atoms with van der Waals surface area (Å²) >= 11 is 2.03. The molecule has 2 rings (SSSR count). The number of anilines is 2. The number of benzene rings is 1. The lowest BCUT2D eigenvalue weighted by Crippen LogP contribution is -2.32. The summed E-state index contributed by atoms with van der Waals surface area (Å²) < 4.78 is 0. The van der Waals surface area contributed by atoms with Gasteiger partial charge in [-0.1, -0.05) is 13.0 Å². The van der Waals surface area contributed by atoms with Crippen LogP contribution in [0.1, 0.15) is 26.7 Å². The van der Waals surface area contributed by atoms with E-state index in [1.54, 1.807) is 0 Å². The molecule has 2 N–H and O–H groups in total. The van der Waals surface area contributed by atoms with Crippen molar-refractivity contribution < 1.29 is 4.79 Å². The van der Waals surface area contributed by atoms with Gasteiger partial charge in [0.2, 0.25) is 5.91 Å². The van der Waals surface area contributed by atoms with E-state index in [-0.39, 0.29) is 5.91 Å². The molecule has 0 saturated carbocycles. The van der Waals surface area contributed by atoms with Crippen LogP contribution in [0.15, 0.2) is 24.3 Å². The number of thioether (sulfide) groups is 1. The Morgan fingerprint density at radius 2 is 2.17 bits per heavy atom. The Hall–Kier alpha value is -1.16. The van der Waals surface area contributed by atoms with Crippen LogP contribution in [0.3, 0.4) is 0 Å². The van der Waals surface area contributed by atoms with Gasteiger partial charge < -0.3 is 10.6 Å². The van der Waals surface area contributed by atoms with Crippen molar-refractivity contribution in [2.45, 2.75) is 38.0 Å². The van der Waals surface area contributed by atoms with Gasteiger partial charge in [0.05, 0.1) is 0 Å². The van der Waals surface area contributed by atoms with Crippen molar-refractivity contribution in [2.24, 2.45) is 0 Å². The number of hydrogen-bond donors (Lipinski definition) is 2. The van der Waals surface area contributed by atoms with E-state index >= 15 is 0 Å². The third-order valence-electron chi connectivity index (χ3n) is 3.14. The number of nitrogens with one attached hydrogen (secondary N) is 2. The largest absolute Gasteiger partial charge is 0.381 e. The number of rotatable bonds is 3. The number of carbonyl (C=O) groups is 1. The third-order valence-corrected chi connectivity index (χ3v) is 4.52. The monoisotopic (exact) mass is 264 g/mol. The lowest BCUT2D eigenvalue weighted by molar-refractivity contribution is -0.114. The average Bonchev–Trinajstić information content (AvgIpc) is 2.32. The average molecular weight is 264 g/mol. The molecule has 1 saturated heterocycles. The van der Waals surface area contributed by atoms with Crippen LogP contribution >= 0.6 is 11.8 Å². The maximum atomic E-state index is 11.0. The van der Waals surface area contributed by atoms with E-state index < -0.39 is 0 Å². The van der Waals surface area contributed by atoms with Crippen LogP contribution in [-0.2, 0) is 4.79 Å². The third kappa shape index (κ3) is 3.67. The molecule has 0 aromatic heterocycles. The number of hydrogen-bond acceptors (Lipinski definition) is 3. The first-order chi connectivity index (χ1) is 8.65. The molecular formula is C14H20N2OS. The fourth-order valence-electron chi connectivity index (χ4n) is 2.22. The molecule has 1 fully saturated rings. The van der Waals surface area contributed by atoms with Crippen LogP contribution in [0.2, 0.25) is 0 Å². The lowest BCUT2D eigenvalue weighted by Gasteiger charge is -2.30. The highest BCUT2D eigenvalue weighted by Gasteiger charge is 2.21. The van der Waals surface area contributed by atoms with Crippen LogP contribution in [0, 0.1) is 0 Å². The van der Waals surface area contributed by atoms with Gasteiger partial charge in [0.1, 0.15) is 0 Å². The molecule has 1 aromatic rings. The quantitative estimate of drug-likeness (QED) is 0.879. The summed E-state index contributed by atoms with van der Waals surface area (Å²) in [5, 5.41) is 7.02. The van der Waals surface area contributed by atoms with E-state index in [4.69, 9.17) is 0 Å². The van der Waals surface area contributed by atoms with Gasteiger partial charge in [0.25, 0.3) is 0 Å². The first kappa shape index (κ1) is 13.3. The molecule has 0 radical (unpaired) electrons. The highest BCUT2D eigenvalue weighted by molar-refractivity contribution is 8.00. The fraction of sp³-hybridized carbons (Fsp3) is 0.500. The molecule has 2 unspecified atom stereocenters. The van der Waals surface area contributed by atoms with E-state index in [1.807, 2.05) is 30.0 Å². The van der Waals surface area contributed by atoms with Crippen molar-refractivity contribution in [1.82, 2.24) is 0 Å². The van der Waals surface area contributed by atoms with E-state index in [0.29, 0.717) is 11.3 Å². The topological polar surface area (TPSA) is 41.1 Å². The van der Waals surface area contributed by atoms with Crippen LogP contribution in [0.5, 0.6) is 0 Å². The van der Waals surface area contributed by atoms with Crippen LogP contribution < -0.4 is 10.6 Å². The Balaban J connectivity index is 2.02. The molecule has 1 amide bonds. The fourth-order valence-corrected chi connectivity index (χ4v) is 3.36. The molecule has 0 spiro atoms. The molecule has 1 aliphatic heterocycles. The van der Waals surface area contributed by atoms with Gasteiger partial charge in [-0.2, -0.15) is 11.8 Å². The van der Waals surface area contributed by atoms with Crippen molar-refractivity contribution in [2.75, 3.05) is 16.4 Å². The van der Waals surface area contributed by atoms with E-state index in [1.165, 1.54) is 25.5 Å². The zero-order valence-corrected chi connectivity index (χ0v) is 11.7. The Bertz CT molecular complexity index is 422. The van der Waals surface area contributed by atoms with Crippen molar-refractivity contribution in [3.05, 3.63) is 24.3 Å². The zero-order chi connectivity index (χ0) is 13.0. The summed E-state index contributed by atoms with van der Waals surface area (Å²) in [7, 11) is 0. The summed E-state index contributed by atoms with van der Waals surface area (Å²) in [5.41, 5.74) is 1.93. The van der Waals surface area contributed by atoms with Crippen LogP contribution in [0.4, 0.5) is 11.4 Å². The maximum absolute atomic E-state index is 11.0. The molecule has 18 heavy (non-hydrogen) atoms. The highest BCUT2D eigenvalue weighted by atomic mass is 32.2. The van der Waals surface area contributed by atoms with Crippen molar-refractivity contribution in [1.29, 1.82) is 0 Å². The minimum Gasteiger partial charge on any atom is -0.381 e. The van der Waals surface area contributed by atoms with E-state index in [2.05, 4.69) is 23.6 Å². The predicted molar refractivity (Wildman–Crippen MR) is 79.3 cm³/mol. The van der Waals surface area contributed by atoms with Crippen molar-refractivity contribution >= 4 is 29.0 Å². The second kappa shape index (κ2) is 6.14. The Labute approximate surface area is 113 Å². The molecule has 98 valence electrons. The predicted octanol–water partition coefficient (Wildman–Crippen LogP) is 3.34. The summed E-state index contributed by atoms with van der Waals surface area (Å²) in [6.45, 7) is 3.80. The van der Waals surface area contributed by atoms with Gasteiger partial charge >= 0.3 is 0 Å². The van der Waals surface area contributed by atoms with Gasteiger partial charge in [-0.3, -0.25) is 4.79 Å². The first-order valence-electron chi connectivity index (χ1n) is 6.41. The Kier molecular flexibility index (Phi) is 4.53. The normalized spacial score (nSPS) is 23.4. The lowest BCUT2D eigenvalue weighted by atomic mass is 10.1. The summed E-state index contributed by atoms with van der Waals surface area (Å²) in [4.78, 5) is 11.0. The van der Waals surface area contributed by atoms with Gasteiger partial charge in [0.15, 0.2) is 0 Å². The Morgan fingerprint density at radius 1 is 1.39 bits per heavy atom. The molecule has 4 heteroatoms.